The van der Waals surface area contributed by atoms with Crippen molar-refractivity contribution in [2.75, 3.05) is 5.73 Å². The fourth-order valence-corrected chi connectivity index (χ4v) is 2.45. The molecule has 3 aromatic heterocycles. The van der Waals surface area contributed by atoms with E-state index in [0.717, 1.165) is 22.4 Å². The van der Waals surface area contributed by atoms with E-state index in [0.29, 0.717) is 17.4 Å². The summed E-state index contributed by atoms with van der Waals surface area (Å²) in [6.45, 7) is 2.04. The highest BCUT2D eigenvalue weighted by Crippen LogP contribution is 2.27. The summed E-state index contributed by atoms with van der Waals surface area (Å²) in [7, 11) is 0. The third kappa shape index (κ3) is 1.68. The fraction of sp³-hybridized carbons (Fsp3) is 0.167. The normalized spacial score (nSPS) is 11.1. The predicted octanol–water partition coefficient (Wildman–Crippen LogP) is 3.10. The summed E-state index contributed by atoms with van der Waals surface area (Å²) < 4.78 is 5.62. The zero-order valence-corrected chi connectivity index (χ0v) is 10.1. The van der Waals surface area contributed by atoms with Gasteiger partial charge < -0.3 is 10.2 Å². The minimum absolute atomic E-state index is 0.501. The van der Waals surface area contributed by atoms with Crippen molar-refractivity contribution in [3.63, 3.8) is 0 Å². The van der Waals surface area contributed by atoms with E-state index in [1.165, 1.54) is 0 Å². The summed E-state index contributed by atoms with van der Waals surface area (Å²) in [5, 5.41) is 2.86. The molecule has 5 heteroatoms. The van der Waals surface area contributed by atoms with Gasteiger partial charge in [0.1, 0.15) is 16.4 Å². The van der Waals surface area contributed by atoms with Crippen LogP contribution in [0.2, 0.25) is 0 Å². The lowest BCUT2D eigenvalue weighted by Crippen LogP contribution is -1.95. The number of nitrogens with zero attached hydrogens (tertiary/aromatic N) is 2. The minimum Gasteiger partial charge on any atom is -0.458 e. The van der Waals surface area contributed by atoms with Crippen LogP contribution in [0.15, 0.2) is 28.0 Å². The van der Waals surface area contributed by atoms with Crippen molar-refractivity contribution in [2.24, 2.45) is 0 Å². The van der Waals surface area contributed by atoms with Crippen LogP contribution < -0.4 is 5.73 Å². The Kier molecular flexibility index (Phi) is 2.33. The average molecular weight is 245 g/mol. The first-order chi connectivity index (χ1) is 8.28. The van der Waals surface area contributed by atoms with Crippen molar-refractivity contribution in [3.05, 3.63) is 29.3 Å². The van der Waals surface area contributed by atoms with Gasteiger partial charge in [0.25, 0.3) is 0 Å². The average Bonchev–Trinajstić information content (AvgIpc) is 2.97. The molecular formula is C12H11N3OS. The number of aromatic nitrogens is 2. The van der Waals surface area contributed by atoms with Gasteiger partial charge >= 0.3 is 0 Å². The summed E-state index contributed by atoms with van der Waals surface area (Å²) in [5.41, 5.74) is 5.89. The number of hydrogen-bond acceptors (Lipinski definition) is 5. The van der Waals surface area contributed by atoms with Gasteiger partial charge in [0.15, 0.2) is 11.6 Å². The van der Waals surface area contributed by atoms with Gasteiger partial charge in [-0.25, -0.2) is 9.97 Å². The van der Waals surface area contributed by atoms with Crippen molar-refractivity contribution < 1.29 is 4.42 Å². The van der Waals surface area contributed by atoms with Crippen LogP contribution in [0.5, 0.6) is 0 Å². The number of thiophene rings is 1. The number of aryl methyl sites for hydroxylation is 1. The molecule has 0 unspecified atom stereocenters. The Morgan fingerprint density at radius 2 is 2.18 bits per heavy atom. The monoisotopic (exact) mass is 245 g/mol. The number of hydrogen-bond donors (Lipinski definition) is 1. The lowest BCUT2D eigenvalue weighted by molar-refractivity contribution is 0.526. The van der Waals surface area contributed by atoms with Crippen molar-refractivity contribution >= 4 is 27.4 Å². The van der Waals surface area contributed by atoms with E-state index in [-0.39, 0.29) is 0 Å². The molecule has 3 aromatic rings. The van der Waals surface area contributed by atoms with Gasteiger partial charge in [0, 0.05) is 6.42 Å². The van der Waals surface area contributed by atoms with Crippen LogP contribution in [0.1, 0.15) is 12.7 Å². The van der Waals surface area contributed by atoms with E-state index in [4.69, 9.17) is 10.2 Å². The standard InChI is InChI=1S/C12H11N3OS/c1-2-7-3-4-9(16-7)11-14-10(13)8-5-6-17-12(8)15-11/h3-6H,2H2,1H3,(H2,13,14,15). The van der Waals surface area contributed by atoms with Crippen LogP contribution in [0.25, 0.3) is 21.8 Å². The number of rotatable bonds is 2. The highest BCUT2D eigenvalue weighted by molar-refractivity contribution is 7.16. The highest BCUT2D eigenvalue weighted by atomic mass is 32.1. The SMILES string of the molecule is CCc1ccc(-c2nc(N)c3ccsc3n2)o1. The van der Waals surface area contributed by atoms with Crippen molar-refractivity contribution in [3.8, 4) is 11.6 Å². The molecule has 0 bridgehead atoms. The Bertz CT molecular complexity index is 671. The fourth-order valence-electron chi connectivity index (χ4n) is 1.68. The van der Waals surface area contributed by atoms with Crippen LogP contribution in [-0.4, -0.2) is 9.97 Å². The molecule has 0 saturated heterocycles. The number of nitrogen functional groups attached to an aromatic ring is 1. The Labute approximate surface area is 102 Å². The van der Waals surface area contributed by atoms with Gasteiger partial charge in [0.2, 0.25) is 0 Å². The molecule has 0 aliphatic carbocycles. The maximum atomic E-state index is 5.89. The van der Waals surface area contributed by atoms with Crippen LogP contribution in [-0.2, 0) is 6.42 Å². The van der Waals surface area contributed by atoms with E-state index in [1.807, 2.05) is 30.5 Å². The number of anilines is 1. The van der Waals surface area contributed by atoms with E-state index < -0.39 is 0 Å². The van der Waals surface area contributed by atoms with Crippen LogP contribution in [0, 0.1) is 0 Å². The molecule has 0 aromatic carbocycles. The zero-order valence-electron chi connectivity index (χ0n) is 9.30. The Morgan fingerprint density at radius 3 is 2.94 bits per heavy atom. The Morgan fingerprint density at radius 1 is 1.29 bits per heavy atom. The molecule has 0 radical (unpaired) electrons. The third-order valence-corrected chi connectivity index (χ3v) is 3.39. The second kappa shape index (κ2) is 3.85. The highest BCUT2D eigenvalue weighted by Gasteiger charge is 2.11. The lowest BCUT2D eigenvalue weighted by atomic mass is 10.3. The summed E-state index contributed by atoms with van der Waals surface area (Å²) in [6, 6.07) is 5.75. The molecular weight excluding hydrogens is 234 g/mol. The van der Waals surface area contributed by atoms with Crippen LogP contribution >= 0.6 is 11.3 Å². The number of nitrogens with two attached hydrogens (primary N) is 1. The Balaban J connectivity index is 2.16. The summed E-state index contributed by atoms with van der Waals surface area (Å²) >= 11 is 1.55. The molecule has 0 spiro atoms. The van der Waals surface area contributed by atoms with Gasteiger partial charge in [-0.1, -0.05) is 6.92 Å². The number of furan rings is 1. The molecule has 4 nitrogen and oxygen atoms in total. The molecule has 86 valence electrons. The quantitative estimate of drug-likeness (QED) is 0.753. The molecule has 17 heavy (non-hydrogen) atoms. The second-order valence-corrected chi connectivity index (χ2v) is 4.59. The Hall–Kier alpha value is -1.88. The molecule has 3 heterocycles. The lowest BCUT2D eigenvalue weighted by Gasteiger charge is -1.99. The maximum absolute atomic E-state index is 5.89. The predicted molar refractivity (Wildman–Crippen MR) is 68.9 cm³/mol. The largest absolute Gasteiger partial charge is 0.458 e. The zero-order chi connectivity index (χ0) is 11.8. The molecule has 3 rings (SSSR count). The molecule has 0 atom stereocenters. The first kappa shape index (κ1) is 10.3. The van der Waals surface area contributed by atoms with Gasteiger partial charge in [-0.05, 0) is 23.6 Å². The van der Waals surface area contributed by atoms with E-state index in [2.05, 4.69) is 9.97 Å². The molecule has 0 fully saturated rings. The van der Waals surface area contributed by atoms with E-state index in [9.17, 15) is 0 Å². The van der Waals surface area contributed by atoms with Gasteiger partial charge in [0.05, 0.1) is 5.39 Å². The van der Waals surface area contributed by atoms with Crippen molar-refractivity contribution in [1.82, 2.24) is 9.97 Å². The van der Waals surface area contributed by atoms with Gasteiger partial charge in [-0.3, -0.25) is 0 Å². The van der Waals surface area contributed by atoms with E-state index in [1.54, 1.807) is 11.3 Å². The first-order valence-corrected chi connectivity index (χ1v) is 6.25. The van der Waals surface area contributed by atoms with Crippen molar-refractivity contribution in [1.29, 1.82) is 0 Å². The molecule has 0 aliphatic heterocycles. The molecule has 0 aliphatic rings. The molecule has 0 saturated carbocycles. The van der Waals surface area contributed by atoms with Gasteiger partial charge in [-0.15, -0.1) is 11.3 Å². The maximum Gasteiger partial charge on any atom is 0.199 e. The topological polar surface area (TPSA) is 64.9 Å². The summed E-state index contributed by atoms with van der Waals surface area (Å²) in [5.74, 6) is 2.65. The molecule has 0 amide bonds. The van der Waals surface area contributed by atoms with Crippen molar-refractivity contribution in [2.45, 2.75) is 13.3 Å². The second-order valence-electron chi connectivity index (χ2n) is 3.69. The first-order valence-electron chi connectivity index (χ1n) is 5.37. The summed E-state index contributed by atoms with van der Waals surface area (Å²) in [6.07, 6.45) is 0.858. The van der Waals surface area contributed by atoms with Crippen LogP contribution in [0.3, 0.4) is 0 Å². The van der Waals surface area contributed by atoms with E-state index >= 15 is 0 Å². The van der Waals surface area contributed by atoms with Gasteiger partial charge in [-0.2, -0.15) is 0 Å². The van der Waals surface area contributed by atoms with Crippen LogP contribution in [0.4, 0.5) is 5.82 Å². The third-order valence-electron chi connectivity index (χ3n) is 2.59. The summed E-state index contributed by atoms with van der Waals surface area (Å²) in [4.78, 5) is 9.61. The minimum atomic E-state index is 0.501. The molecule has 2 N–H and O–H groups in total. The number of fused-ring (bicyclic) bond motifs is 1. The smallest absolute Gasteiger partial charge is 0.199 e.